The van der Waals surface area contributed by atoms with Gasteiger partial charge in [0.25, 0.3) is 0 Å². The summed E-state index contributed by atoms with van der Waals surface area (Å²) in [7, 11) is 0. The first-order valence-corrected chi connectivity index (χ1v) is 5.04. The largest absolute Gasteiger partial charge is 0.311 e. The second-order valence-corrected chi connectivity index (χ2v) is 3.17. The molecule has 0 aromatic heterocycles. The Bertz CT molecular complexity index is 265. The van der Waals surface area contributed by atoms with Crippen molar-refractivity contribution in [3.05, 3.63) is 35.9 Å². The Hall–Kier alpha value is -1.15. The fourth-order valence-electron chi connectivity index (χ4n) is 1.63. The molecule has 0 saturated heterocycles. The standard InChI is InChI=1S/C12H17N2/c1-3-14(4-2)12(10-13)11-8-6-5-7-9-11/h6-10,12-13H,3-4H2,1-2H3. The van der Waals surface area contributed by atoms with Gasteiger partial charge in [0.1, 0.15) is 0 Å². The van der Waals surface area contributed by atoms with Gasteiger partial charge < -0.3 is 5.41 Å². The number of hydrogen-bond acceptors (Lipinski definition) is 2. The predicted molar refractivity (Wildman–Crippen MR) is 59.7 cm³/mol. The number of rotatable bonds is 5. The SMILES string of the molecule is CCN(CC)C(C=N)c1cc[c]cc1. The van der Waals surface area contributed by atoms with Crippen molar-refractivity contribution in [1.82, 2.24) is 4.90 Å². The zero-order valence-electron chi connectivity index (χ0n) is 8.83. The maximum Gasteiger partial charge on any atom is 0.0698 e. The molecule has 1 atom stereocenters. The fraction of sp³-hybridized carbons (Fsp3) is 0.417. The average Bonchev–Trinajstić information content (AvgIpc) is 2.27. The van der Waals surface area contributed by atoms with Crippen LogP contribution in [-0.2, 0) is 0 Å². The number of nitrogens with zero attached hydrogens (tertiary/aromatic N) is 1. The van der Waals surface area contributed by atoms with Crippen molar-refractivity contribution in [2.75, 3.05) is 13.1 Å². The minimum absolute atomic E-state index is 0.111. The molecule has 0 heterocycles. The third-order valence-electron chi connectivity index (χ3n) is 2.45. The van der Waals surface area contributed by atoms with Gasteiger partial charge in [0.05, 0.1) is 6.04 Å². The van der Waals surface area contributed by atoms with Crippen LogP contribution in [0.15, 0.2) is 24.3 Å². The molecule has 2 nitrogen and oxygen atoms in total. The summed E-state index contributed by atoms with van der Waals surface area (Å²) >= 11 is 0. The summed E-state index contributed by atoms with van der Waals surface area (Å²) in [6.45, 7) is 6.18. The van der Waals surface area contributed by atoms with Gasteiger partial charge in [-0.25, -0.2) is 0 Å². The zero-order valence-corrected chi connectivity index (χ0v) is 8.83. The molecule has 75 valence electrons. The van der Waals surface area contributed by atoms with Crippen molar-refractivity contribution in [2.45, 2.75) is 19.9 Å². The fourth-order valence-corrected chi connectivity index (χ4v) is 1.63. The Morgan fingerprint density at radius 1 is 1.36 bits per heavy atom. The highest BCUT2D eigenvalue weighted by atomic mass is 15.1. The summed E-state index contributed by atoms with van der Waals surface area (Å²) < 4.78 is 0. The minimum atomic E-state index is 0.111. The van der Waals surface area contributed by atoms with Crippen LogP contribution in [0.5, 0.6) is 0 Å². The first-order chi connectivity index (χ1) is 6.83. The van der Waals surface area contributed by atoms with Crippen LogP contribution in [0.4, 0.5) is 0 Å². The third-order valence-corrected chi connectivity index (χ3v) is 2.45. The van der Waals surface area contributed by atoms with E-state index >= 15 is 0 Å². The molecule has 0 aliphatic heterocycles. The van der Waals surface area contributed by atoms with E-state index < -0.39 is 0 Å². The second-order valence-electron chi connectivity index (χ2n) is 3.17. The van der Waals surface area contributed by atoms with Gasteiger partial charge in [-0.1, -0.05) is 38.1 Å². The van der Waals surface area contributed by atoms with E-state index in [1.807, 2.05) is 24.3 Å². The molecule has 0 bridgehead atoms. The lowest BCUT2D eigenvalue weighted by molar-refractivity contribution is 0.274. The highest BCUT2D eigenvalue weighted by molar-refractivity contribution is 5.64. The number of benzene rings is 1. The second kappa shape index (κ2) is 5.55. The first kappa shape index (κ1) is 10.9. The highest BCUT2D eigenvalue weighted by Gasteiger charge is 2.13. The van der Waals surface area contributed by atoms with E-state index in [0.717, 1.165) is 13.1 Å². The summed E-state index contributed by atoms with van der Waals surface area (Å²) in [5.41, 5.74) is 1.17. The highest BCUT2D eigenvalue weighted by Crippen LogP contribution is 2.17. The summed E-state index contributed by atoms with van der Waals surface area (Å²) in [6.07, 6.45) is 1.50. The van der Waals surface area contributed by atoms with Gasteiger partial charge >= 0.3 is 0 Å². The van der Waals surface area contributed by atoms with Crippen molar-refractivity contribution < 1.29 is 0 Å². The van der Waals surface area contributed by atoms with Gasteiger partial charge in [-0.05, 0) is 24.7 Å². The molecule has 1 unspecified atom stereocenters. The Kier molecular flexibility index (Phi) is 4.33. The van der Waals surface area contributed by atoms with Crippen LogP contribution in [0.3, 0.4) is 0 Å². The van der Waals surface area contributed by atoms with Gasteiger partial charge in [-0.2, -0.15) is 0 Å². The van der Waals surface area contributed by atoms with E-state index in [0.29, 0.717) is 0 Å². The quantitative estimate of drug-likeness (QED) is 0.708. The maximum absolute atomic E-state index is 7.46. The Labute approximate surface area is 86.1 Å². The molecule has 1 N–H and O–H groups in total. The molecule has 0 saturated carbocycles. The van der Waals surface area contributed by atoms with E-state index in [4.69, 9.17) is 5.41 Å². The molecule has 1 rings (SSSR count). The Morgan fingerprint density at radius 3 is 2.36 bits per heavy atom. The summed E-state index contributed by atoms with van der Waals surface area (Å²) in [5.74, 6) is 0. The van der Waals surface area contributed by atoms with E-state index in [1.54, 1.807) is 0 Å². The Morgan fingerprint density at radius 2 is 1.93 bits per heavy atom. The summed E-state index contributed by atoms with van der Waals surface area (Å²) in [5, 5.41) is 7.46. The lowest BCUT2D eigenvalue weighted by atomic mass is 10.1. The third kappa shape index (κ3) is 2.42. The van der Waals surface area contributed by atoms with Crippen LogP contribution >= 0.6 is 0 Å². The molecule has 0 fully saturated rings. The van der Waals surface area contributed by atoms with Crippen molar-refractivity contribution in [3.63, 3.8) is 0 Å². The molecule has 0 aliphatic rings. The van der Waals surface area contributed by atoms with Crippen LogP contribution < -0.4 is 0 Å². The van der Waals surface area contributed by atoms with E-state index in [2.05, 4.69) is 24.8 Å². The van der Waals surface area contributed by atoms with Gasteiger partial charge in [0.15, 0.2) is 0 Å². The van der Waals surface area contributed by atoms with E-state index in [-0.39, 0.29) is 6.04 Å². The van der Waals surface area contributed by atoms with Crippen molar-refractivity contribution in [1.29, 1.82) is 5.41 Å². The monoisotopic (exact) mass is 189 g/mol. The van der Waals surface area contributed by atoms with Gasteiger partial charge in [-0.15, -0.1) is 0 Å². The van der Waals surface area contributed by atoms with E-state index in [1.165, 1.54) is 11.8 Å². The molecule has 1 radical (unpaired) electrons. The molecule has 0 amide bonds. The van der Waals surface area contributed by atoms with Gasteiger partial charge in [-0.3, -0.25) is 4.90 Å². The van der Waals surface area contributed by atoms with E-state index in [9.17, 15) is 0 Å². The van der Waals surface area contributed by atoms with Crippen molar-refractivity contribution >= 4 is 6.21 Å². The molecule has 14 heavy (non-hydrogen) atoms. The lowest BCUT2D eigenvalue weighted by Crippen LogP contribution is -2.29. The van der Waals surface area contributed by atoms with Gasteiger partial charge in [0.2, 0.25) is 0 Å². The molecule has 0 aliphatic carbocycles. The zero-order chi connectivity index (χ0) is 10.4. The molecule has 1 aromatic carbocycles. The number of nitrogens with one attached hydrogen (secondary N) is 1. The van der Waals surface area contributed by atoms with Crippen LogP contribution in [0.25, 0.3) is 0 Å². The van der Waals surface area contributed by atoms with Crippen LogP contribution in [0.1, 0.15) is 25.5 Å². The van der Waals surface area contributed by atoms with Crippen LogP contribution in [-0.4, -0.2) is 24.2 Å². The van der Waals surface area contributed by atoms with Crippen molar-refractivity contribution in [2.24, 2.45) is 0 Å². The minimum Gasteiger partial charge on any atom is -0.311 e. The van der Waals surface area contributed by atoms with Crippen molar-refractivity contribution in [3.8, 4) is 0 Å². The molecule has 2 heteroatoms. The molecule has 1 aromatic rings. The summed E-state index contributed by atoms with van der Waals surface area (Å²) in [4.78, 5) is 2.25. The molecular weight excluding hydrogens is 172 g/mol. The van der Waals surface area contributed by atoms with Crippen LogP contribution in [0, 0.1) is 11.5 Å². The molecule has 0 spiro atoms. The Balaban J connectivity index is 2.86. The normalized spacial score (nSPS) is 12.8. The topological polar surface area (TPSA) is 27.1 Å². The van der Waals surface area contributed by atoms with Crippen LogP contribution in [0.2, 0.25) is 0 Å². The number of hydrogen-bond donors (Lipinski definition) is 1. The smallest absolute Gasteiger partial charge is 0.0698 e. The first-order valence-electron chi connectivity index (χ1n) is 5.04. The summed E-state index contributed by atoms with van der Waals surface area (Å²) in [6, 6.07) is 10.9. The molecular formula is C12H17N2. The lowest BCUT2D eigenvalue weighted by Gasteiger charge is -2.26. The van der Waals surface area contributed by atoms with Gasteiger partial charge in [0, 0.05) is 6.21 Å². The predicted octanol–water partition coefficient (Wildman–Crippen LogP) is 2.52. The average molecular weight is 189 g/mol. The maximum atomic E-state index is 7.46.